The third-order valence-electron chi connectivity index (χ3n) is 12.4. The summed E-state index contributed by atoms with van der Waals surface area (Å²) in [4.78, 5) is 12.3. The molecule has 3 fully saturated rings. The molecule has 206 valence electrons. The normalized spacial score (nSPS) is 39.9. The van der Waals surface area contributed by atoms with E-state index in [-0.39, 0.29) is 10.5 Å². The molecule has 0 aromatic rings. The fraction of sp³-hybridized carbons (Fsp3) is 0.909. The van der Waals surface area contributed by atoms with Crippen LogP contribution in [0.2, 0.25) is 18.1 Å². The molecule has 0 aromatic carbocycles. The molecule has 8 atom stereocenters. The standard InChI is InChI=1S/C33H58O2Si/c1-22(2)12-11-13-23(3)30-29(35-36(9,10)31(4,5)6)21-28-26-15-14-24-20-25(34)16-18-32(24,7)27(26)17-19-33(28,30)8/h20,22-23,26-30H,11-19,21H2,1-10H3/t23-,26-,27+,28+,29+,30+,32+,33+/m1/s1. The van der Waals surface area contributed by atoms with Crippen molar-refractivity contribution in [1.82, 2.24) is 0 Å². The zero-order chi connectivity index (χ0) is 26.7. The van der Waals surface area contributed by atoms with Crippen LogP contribution in [0, 0.1) is 46.3 Å². The van der Waals surface area contributed by atoms with Crippen LogP contribution in [0.3, 0.4) is 0 Å². The van der Waals surface area contributed by atoms with Gasteiger partial charge in [-0.3, -0.25) is 4.79 Å². The first-order chi connectivity index (χ1) is 16.6. The Morgan fingerprint density at radius 2 is 1.72 bits per heavy atom. The second-order valence-electron chi connectivity index (χ2n) is 16.0. The molecule has 2 nitrogen and oxygen atoms in total. The molecular weight excluding hydrogens is 456 g/mol. The lowest BCUT2D eigenvalue weighted by Gasteiger charge is -2.58. The Morgan fingerprint density at radius 3 is 2.36 bits per heavy atom. The van der Waals surface area contributed by atoms with Crippen LogP contribution in [-0.4, -0.2) is 20.2 Å². The van der Waals surface area contributed by atoms with E-state index in [1.165, 1.54) is 50.5 Å². The van der Waals surface area contributed by atoms with Gasteiger partial charge in [0.2, 0.25) is 0 Å². The smallest absolute Gasteiger partial charge is 0.192 e. The molecule has 3 heteroatoms. The van der Waals surface area contributed by atoms with Gasteiger partial charge in [-0.15, -0.1) is 0 Å². The van der Waals surface area contributed by atoms with Gasteiger partial charge in [0.25, 0.3) is 0 Å². The van der Waals surface area contributed by atoms with Crippen molar-refractivity contribution in [3.63, 3.8) is 0 Å². The minimum atomic E-state index is -1.84. The van der Waals surface area contributed by atoms with Crippen molar-refractivity contribution in [2.75, 3.05) is 0 Å². The predicted octanol–water partition coefficient (Wildman–Crippen LogP) is 9.60. The van der Waals surface area contributed by atoms with Gasteiger partial charge in [0.05, 0.1) is 0 Å². The maximum atomic E-state index is 12.3. The molecule has 0 heterocycles. The lowest BCUT2D eigenvalue weighted by atomic mass is 9.46. The molecule has 0 spiro atoms. The third-order valence-corrected chi connectivity index (χ3v) is 16.9. The first kappa shape index (κ1) is 28.6. The zero-order valence-corrected chi connectivity index (χ0v) is 26.5. The number of allylic oxidation sites excluding steroid dienone is 1. The van der Waals surface area contributed by atoms with E-state index in [1.807, 2.05) is 0 Å². The molecule has 4 aliphatic rings. The van der Waals surface area contributed by atoms with Crippen LogP contribution >= 0.6 is 0 Å². The Balaban J connectivity index is 1.64. The molecule has 0 aliphatic heterocycles. The lowest BCUT2D eigenvalue weighted by molar-refractivity contribution is -0.117. The molecule has 0 saturated heterocycles. The van der Waals surface area contributed by atoms with E-state index >= 15 is 0 Å². The van der Waals surface area contributed by atoms with Gasteiger partial charge < -0.3 is 4.43 Å². The van der Waals surface area contributed by atoms with Crippen molar-refractivity contribution >= 4 is 14.1 Å². The van der Waals surface area contributed by atoms with Crippen molar-refractivity contribution in [1.29, 1.82) is 0 Å². The van der Waals surface area contributed by atoms with Crippen LogP contribution in [0.5, 0.6) is 0 Å². The SMILES string of the molecule is CC(C)CCC[C@@H](C)[C@H]1[C@@H](O[Si](C)(C)C(C)(C)C)C[C@H]2[C@@H]3CCC4=CC(=O)CC[C@]4(C)[C@H]3CC[C@]12C. The number of ketones is 1. The molecule has 0 radical (unpaired) electrons. The summed E-state index contributed by atoms with van der Waals surface area (Å²) in [5.41, 5.74) is 2.15. The molecule has 0 unspecified atom stereocenters. The highest BCUT2D eigenvalue weighted by atomic mass is 28.4. The van der Waals surface area contributed by atoms with Gasteiger partial charge in [0, 0.05) is 12.5 Å². The maximum absolute atomic E-state index is 12.3. The highest BCUT2D eigenvalue weighted by Gasteiger charge is 2.63. The van der Waals surface area contributed by atoms with E-state index in [2.05, 4.69) is 74.6 Å². The number of hydrogen-bond donors (Lipinski definition) is 0. The van der Waals surface area contributed by atoms with Crippen LogP contribution in [0.4, 0.5) is 0 Å². The van der Waals surface area contributed by atoms with Crippen LogP contribution in [0.15, 0.2) is 11.6 Å². The van der Waals surface area contributed by atoms with Crippen LogP contribution < -0.4 is 0 Å². The number of fused-ring (bicyclic) bond motifs is 5. The van der Waals surface area contributed by atoms with E-state index < -0.39 is 8.32 Å². The van der Waals surface area contributed by atoms with Gasteiger partial charge in [-0.25, -0.2) is 0 Å². The Kier molecular flexibility index (Phi) is 7.91. The first-order valence-corrected chi connectivity index (χ1v) is 18.4. The minimum absolute atomic E-state index is 0.252. The monoisotopic (exact) mass is 514 g/mol. The largest absolute Gasteiger partial charge is 0.414 e. The van der Waals surface area contributed by atoms with Gasteiger partial charge >= 0.3 is 0 Å². The average molecular weight is 515 g/mol. The Bertz CT molecular complexity index is 850. The van der Waals surface area contributed by atoms with Crippen molar-refractivity contribution < 1.29 is 9.22 Å². The highest BCUT2D eigenvalue weighted by molar-refractivity contribution is 6.74. The van der Waals surface area contributed by atoms with Gasteiger partial charge in [0.15, 0.2) is 14.1 Å². The quantitative estimate of drug-likeness (QED) is 0.316. The van der Waals surface area contributed by atoms with Crippen LogP contribution in [0.1, 0.15) is 120 Å². The molecule has 3 saturated carbocycles. The van der Waals surface area contributed by atoms with E-state index in [0.717, 1.165) is 48.9 Å². The van der Waals surface area contributed by atoms with Gasteiger partial charge in [-0.05, 0) is 109 Å². The number of hydrogen-bond acceptors (Lipinski definition) is 2. The van der Waals surface area contributed by atoms with Crippen molar-refractivity contribution in [3.05, 3.63) is 11.6 Å². The minimum Gasteiger partial charge on any atom is -0.414 e. The zero-order valence-electron chi connectivity index (χ0n) is 25.5. The summed E-state index contributed by atoms with van der Waals surface area (Å²) in [6.07, 6.45) is 14.8. The van der Waals surface area contributed by atoms with Gasteiger partial charge in [-0.2, -0.15) is 0 Å². The lowest BCUT2D eigenvalue weighted by Crippen LogP contribution is -2.51. The molecule has 4 aliphatic carbocycles. The number of rotatable bonds is 7. The molecule has 0 aromatic heterocycles. The number of carbonyl (C=O) groups is 1. The Hall–Kier alpha value is -0.413. The summed E-state index contributed by atoms with van der Waals surface area (Å²) < 4.78 is 7.39. The molecule has 36 heavy (non-hydrogen) atoms. The topological polar surface area (TPSA) is 26.3 Å². The second-order valence-corrected chi connectivity index (χ2v) is 20.7. The summed E-state index contributed by atoms with van der Waals surface area (Å²) in [6, 6.07) is 0. The molecule has 0 N–H and O–H groups in total. The summed E-state index contributed by atoms with van der Waals surface area (Å²) >= 11 is 0. The van der Waals surface area contributed by atoms with E-state index in [0.29, 0.717) is 23.2 Å². The molecule has 4 rings (SSSR count). The number of carbonyl (C=O) groups excluding carboxylic acids is 1. The van der Waals surface area contributed by atoms with E-state index in [1.54, 1.807) is 0 Å². The van der Waals surface area contributed by atoms with Crippen molar-refractivity contribution in [2.45, 2.75) is 144 Å². The van der Waals surface area contributed by atoms with Crippen molar-refractivity contribution in [2.24, 2.45) is 46.3 Å². The molecular formula is C33H58O2Si. The van der Waals surface area contributed by atoms with Gasteiger partial charge in [0.1, 0.15) is 0 Å². The van der Waals surface area contributed by atoms with Crippen LogP contribution in [-0.2, 0) is 9.22 Å². The Labute approximate surface area is 224 Å². The average Bonchev–Trinajstić information content (AvgIpc) is 3.04. The second kappa shape index (κ2) is 9.96. The van der Waals surface area contributed by atoms with Crippen molar-refractivity contribution in [3.8, 4) is 0 Å². The van der Waals surface area contributed by atoms with Crippen LogP contribution in [0.25, 0.3) is 0 Å². The Morgan fingerprint density at radius 1 is 1.03 bits per heavy atom. The fourth-order valence-corrected chi connectivity index (χ4v) is 10.7. The summed E-state index contributed by atoms with van der Waals surface area (Å²) in [7, 11) is -1.84. The summed E-state index contributed by atoms with van der Waals surface area (Å²) in [5.74, 6) is 4.92. The van der Waals surface area contributed by atoms with Gasteiger partial charge in [-0.1, -0.05) is 80.2 Å². The highest BCUT2D eigenvalue weighted by Crippen LogP contribution is 2.68. The van der Waals surface area contributed by atoms with E-state index in [9.17, 15) is 4.79 Å². The predicted molar refractivity (Wildman–Crippen MR) is 156 cm³/mol. The maximum Gasteiger partial charge on any atom is 0.192 e. The summed E-state index contributed by atoms with van der Waals surface area (Å²) in [5, 5.41) is 0.252. The third kappa shape index (κ3) is 4.98. The van der Waals surface area contributed by atoms with E-state index in [4.69, 9.17) is 4.43 Å². The first-order valence-electron chi connectivity index (χ1n) is 15.5. The molecule has 0 amide bonds. The summed E-state index contributed by atoms with van der Waals surface area (Å²) in [6.45, 7) is 24.7. The fourth-order valence-electron chi connectivity index (χ4n) is 9.31. The molecule has 0 bridgehead atoms.